The molecule has 0 bridgehead atoms. The van der Waals surface area contributed by atoms with E-state index in [1.54, 1.807) is 0 Å². The Morgan fingerprint density at radius 2 is 1.35 bits per heavy atom. The van der Waals surface area contributed by atoms with Gasteiger partial charge in [0, 0.05) is 17.1 Å². The molecule has 0 atom stereocenters. The molecular formula is C18H26BFeNO2-6. The predicted molar refractivity (Wildman–Crippen MR) is 93.7 cm³/mol. The molecule has 132 valence electrons. The Kier molecular flexibility index (Phi) is 6.34. The van der Waals surface area contributed by atoms with Crippen LogP contribution in [-0.4, -0.2) is 18.3 Å². The summed E-state index contributed by atoms with van der Waals surface area (Å²) in [5, 5.41) is 0. The monoisotopic (exact) mass is 355 g/mol. The Bertz CT molecular complexity index is 584. The van der Waals surface area contributed by atoms with Gasteiger partial charge in [-0.25, -0.2) is 0 Å². The molecule has 2 N–H and O–H groups in total. The second-order valence-electron chi connectivity index (χ2n) is 6.87. The molecule has 23 heavy (non-hydrogen) atoms. The van der Waals surface area contributed by atoms with Gasteiger partial charge in [-0.2, -0.15) is 17.2 Å². The van der Waals surface area contributed by atoms with Crippen molar-refractivity contribution in [2.24, 2.45) is 0 Å². The number of hydrogen-bond acceptors (Lipinski definition) is 3. The van der Waals surface area contributed by atoms with Gasteiger partial charge in [-0.05, 0) is 27.7 Å². The van der Waals surface area contributed by atoms with E-state index < -0.39 is 0 Å². The normalized spacial score (nSPS) is 18.1. The number of hydrogen-bond donors (Lipinski definition) is 1. The molecule has 0 aromatic heterocycles. The maximum atomic E-state index is 6.04. The zero-order valence-corrected chi connectivity index (χ0v) is 15.9. The first-order valence-corrected chi connectivity index (χ1v) is 7.70. The van der Waals surface area contributed by atoms with Gasteiger partial charge in [0.1, 0.15) is 0 Å². The van der Waals surface area contributed by atoms with Crippen LogP contribution in [-0.2, 0) is 26.4 Å². The molecule has 1 heterocycles. The quantitative estimate of drug-likeness (QED) is 0.631. The second-order valence-corrected chi connectivity index (χ2v) is 6.87. The summed E-state index contributed by atoms with van der Waals surface area (Å²) in [6.07, 6.45) is 0. The third-order valence-electron chi connectivity index (χ3n) is 4.72. The summed E-state index contributed by atoms with van der Waals surface area (Å²) >= 11 is 0. The Hall–Kier alpha value is -0.996. The zero-order valence-electron chi connectivity index (χ0n) is 14.8. The van der Waals surface area contributed by atoms with E-state index in [0.717, 1.165) is 11.2 Å². The summed E-state index contributed by atoms with van der Waals surface area (Å²) in [6.45, 7) is 12.3. The minimum atomic E-state index is -0.353. The Labute approximate surface area is 150 Å². The van der Waals surface area contributed by atoms with Crippen LogP contribution < -0.4 is 11.2 Å². The maximum Gasteiger partial charge on any atom is 0.421 e. The van der Waals surface area contributed by atoms with Crippen LogP contribution in [0.25, 0.3) is 0 Å². The van der Waals surface area contributed by atoms with Gasteiger partial charge in [-0.1, -0.05) is 25.0 Å². The van der Waals surface area contributed by atoms with Gasteiger partial charge in [0.05, 0.1) is 11.2 Å². The summed E-state index contributed by atoms with van der Waals surface area (Å²) < 4.78 is 12.0. The number of rotatable bonds is 1. The average Bonchev–Trinajstić information content (AvgIpc) is 3.05. The summed E-state index contributed by atoms with van der Waals surface area (Å²) in [6, 6.07) is 12.0. The second kappa shape index (κ2) is 7.27. The number of aryl methyl sites for hydroxylation is 1. The van der Waals surface area contributed by atoms with Gasteiger partial charge in [0.25, 0.3) is 0 Å². The number of anilines is 1. The van der Waals surface area contributed by atoms with E-state index in [4.69, 9.17) is 15.0 Å². The summed E-state index contributed by atoms with van der Waals surface area (Å²) in [7, 11) is -0.353. The molecule has 0 amide bonds. The van der Waals surface area contributed by atoms with Crippen molar-refractivity contribution in [3.8, 4) is 0 Å². The van der Waals surface area contributed by atoms with Crippen LogP contribution >= 0.6 is 0 Å². The van der Waals surface area contributed by atoms with Crippen molar-refractivity contribution in [2.45, 2.75) is 52.7 Å². The fourth-order valence-electron chi connectivity index (χ4n) is 2.44. The van der Waals surface area contributed by atoms with Crippen molar-refractivity contribution >= 4 is 18.3 Å². The van der Waals surface area contributed by atoms with Gasteiger partial charge in [0.15, 0.2) is 0 Å². The Morgan fingerprint density at radius 3 is 1.65 bits per heavy atom. The molecule has 0 aliphatic carbocycles. The van der Waals surface area contributed by atoms with Crippen LogP contribution in [0.1, 0.15) is 38.8 Å². The fraction of sp³-hybridized carbons (Fsp3) is 0.444. The van der Waals surface area contributed by atoms with E-state index in [0.29, 0.717) is 0 Å². The van der Waals surface area contributed by atoms with Crippen LogP contribution in [0.15, 0.2) is 36.4 Å². The topological polar surface area (TPSA) is 44.5 Å². The molecular weight excluding hydrogens is 329 g/mol. The van der Waals surface area contributed by atoms with Crippen molar-refractivity contribution in [1.29, 1.82) is 0 Å². The van der Waals surface area contributed by atoms with Gasteiger partial charge in [0.2, 0.25) is 0 Å². The van der Waals surface area contributed by atoms with Crippen LogP contribution in [0.2, 0.25) is 0 Å². The maximum absolute atomic E-state index is 6.04. The third-order valence-corrected chi connectivity index (χ3v) is 4.72. The zero-order chi connectivity index (χ0) is 16.5. The molecule has 2 aromatic rings. The van der Waals surface area contributed by atoms with E-state index in [2.05, 4.69) is 13.8 Å². The van der Waals surface area contributed by atoms with Crippen LogP contribution in [0, 0.1) is 13.8 Å². The smallest absolute Gasteiger partial charge is 0.421 e. The largest absolute Gasteiger partial charge is 0.748 e. The first-order chi connectivity index (χ1) is 10.2. The van der Waals surface area contributed by atoms with E-state index in [1.165, 1.54) is 11.1 Å². The predicted octanol–water partition coefficient (Wildman–Crippen LogP) is 3.31. The van der Waals surface area contributed by atoms with Crippen LogP contribution in [0.4, 0.5) is 5.69 Å². The Morgan fingerprint density at radius 1 is 0.957 bits per heavy atom. The Balaban J connectivity index is 0.000000377. The number of nitrogen functional groups attached to an aromatic ring is 1. The molecule has 3 rings (SSSR count). The van der Waals surface area contributed by atoms with Crippen molar-refractivity contribution in [2.75, 3.05) is 5.73 Å². The first-order valence-electron chi connectivity index (χ1n) is 7.70. The van der Waals surface area contributed by atoms with Gasteiger partial charge in [-0.3, -0.25) is 0 Å². The van der Waals surface area contributed by atoms with Gasteiger partial charge < -0.3 is 45.4 Å². The minimum Gasteiger partial charge on any atom is -0.748 e. The first kappa shape index (κ1) is 20.0. The molecule has 3 nitrogen and oxygen atoms in total. The molecule has 0 spiro atoms. The van der Waals surface area contributed by atoms with E-state index in [9.17, 15) is 0 Å². The molecule has 1 fully saturated rings. The van der Waals surface area contributed by atoms with Gasteiger partial charge in [-0.15, -0.1) is 0 Å². The summed E-state index contributed by atoms with van der Waals surface area (Å²) in [4.78, 5) is 0. The minimum absolute atomic E-state index is 0. The van der Waals surface area contributed by atoms with Crippen molar-refractivity contribution in [1.82, 2.24) is 0 Å². The summed E-state index contributed by atoms with van der Waals surface area (Å²) in [5.41, 5.74) is 9.51. The SMILES string of the molecule is Cc1cc(N)[c-](B2OC(C)(C)C(C)(C)O2)c1C.[Fe].[cH-]1[cH-][cH-][cH-][cH-]1. The fourth-order valence-corrected chi connectivity index (χ4v) is 2.44. The molecule has 0 saturated carbocycles. The molecule has 5 heteroatoms. The van der Waals surface area contributed by atoms with E-state index >= 15 is 0 Å². The van der Waals surface area contributed by atoms with Crippen molar-refractivity contribution in [3.63, 3.8) is 0 Å². The molecule has 0 unspecified atom stereocenters. The van der Waals surface area contributed by atoms with Gasteiger partial charge >= 0.3 is 7.12 Å². The van der Waals surface area contributed by atoms with Crippen molar-refractivity contribution in [3.05, 3.63) is 47.5 Å². The third kappa shape index (κ3) is 4.10. The van der Waals surface area contributed by atoms with E-state index in [1.807, 2.05) is 64.1 Å². The summed E-state index contributed by atoms with van der Waals surface area (Å²) in [5.74, 6) is 0. The molecule has 0 radical (unpaired) electrons. The van der Waals surface area contributed by atoms with Crippen LogP contribution in [0.3, 0.4) is 0 Å². The average molecular weight is 355 g/mol. The molecule has 1 aliphatic rings. The molecule has 2 aromatic carbocycles. The molecule has 1 aliphatic heterocycles. The number of nitrogens with two attached hydrogens (primary N) is 1. The molecule has 1 saturated heterocycles. The van der Waals surface area contributed by atoms with Crippen LogP contribution in [0.5, 0.6) is 0 Å². The van der Waals surface area contributed by atoms with E-state index in [-0.39, 0.29) is 35.4 Å². The standard InChI is InChI=1S/C13H21BNO2.C5H5.Fe/c1-8-7-10(15)11(9(8)2)14-16-12(3,4)13(5,6)17-14;1-2-4-5-3-1;/h7H,15H2,1-6H3;1-5H;/q-1;-5;. The van der Waals surface area contributed by atoms with Crippen molar-refractivity contribution < 1.29 is 26.4 Å².